The van der Waals surface area contributed by atoms with Gasteiger partial charge in [0.1, 0.15) is 5.60 Å². The van der Waals surface area contributed by atoms with Crippen molar-refractivity contribution in [3.05, 3.63) is 24.3 Å². The summed E-state index contributed by atoms with van der Waals surface area (Å²) in [5, 5.41) is 13.3. The Morgan fingerprint density at radius 2 is 1.78 bits per heavy atom. The van der Waals surface area contributed by atoms with Crippen molar-refractivity contribution in [1.29, 1.82) is 0 Å². The molecule has 1 amide bonds. The molecule has 0 atom stereocenters. The summed E-state index contributed by atoms with van der Waals surface area (Å²) in [5.74, 6) is 0.673. The first kappa shape index (κ1) is 20.8. The van der Waals surface area contributed by atoms with Crippen LogP contribution in [0.15, 0.2) is 29.3 Å². The second kappa shape index (κ2) is 9.96. The number of hydrogen-bond donors (Lipinski definition) is 4. The fraction of sp³-hybridized carbons (Fsp3) is 0.500. The van der Waals surface area contributed by atoms with Crippen molar-refractivity contribution in [2.24, 2.45) is 4.99 Å². The highest BCUT2D eigenvalue weighted by molar-refractivity contribution is 7.22. The molecule has 4 N–H and O–H groups in total. The van der Waals surface area contributed by atoms with Crippen molar-refractivity contribution >= 4 is 38.7 Å². The summed E-state index contributed by atoms with van der Waals surface area (Å²) in [6.07, 6.45) is -0.424. The largest absolute Gasteiger partial charge is 0.444 e. The van der Waals surface area contributed by atoms with Gasteiger partial charge in [-0.15, -0.1) is 0 Å². The van der Waals surface area contributed by atoms with Gasteiger partial charge in [-0.3, -0.25) is 4.99 Å². The molecule has 2 rings (SSSR count). The van der Waals surface area contributed by atoms with Gasteiger partial charge in [-0.1, -0.05) is 23.5 Å². The van der Waals surface area contributed by atoms with E-state index < -0.39 is 11.7 Å². The van der Waals surface area contributed by atoms with Gasteiger partial charge in [0, 0.05) is 33.2 Å². The minimum atomic E-state index is -0.495. The number of ether oxygens (including phenoxy) is 1. The molecular formula is C18H28N6O2S. The molecule has 9 heteroatoms. The lowest BCUT2D eigenvalue weighted by atomic mass is 10.2. The average Bonchev–Trinajstić information content (AvgIpc) is 3.01. The van der Waals surface area contributed by atoms with Crippen LogP contribution >= 0.6 is 11.3 Å². The van der Waals surface area contributed by atoms with Crippen LogP contribution in [0.1, 0.15) is 20.8 Å². The molecule has 0 fully saturated rings. The molecule has 0 spiro atoms. The van der Waals surface area contributed by atoms with Crippen LogP contribution in [-0.2, 0) is 4.74 Å². The molecule has 1 aromatic carbocycles. The predicted octanol–water partition coefficient (Wildman–Crippen LogP) is 2.40. The van der Waals surface area contributed by atoms with E-state index in [0.717, 1.165) is 17.2 Å². The molecular weight excluding hydrogens is 364 g/mol. The van der Waals surface area contributed by atoms with Crippen LogP contribution in [0.3, 0.4) is 0 Å². The van der Waals surface area contributed by atoms with E-state index in [2.05, 4.69) is 37.3 Å². The lowest BCUT2D eigenvalue weighted by molar-refractivity contribution is 0.0529. The third-order valence-electron chi connectivity index (χ3n) is 3.30. The number of aliphatic imine (C=N–C) groups is 1. The van der Waals surface area contributed by atoms with E-state index in [1.807, 2.05) is 39.0 Å². The smallest absolute Gasteiger partial charge is 0.407 e. The first-order valence-electron chi connectivity index (χ1n) is 8.88. The van der Waals surface area contributed by atoms with E-state index in [0.29, 0.717) is 25.6 Å². The third kappa shape index (κ3) is 7.69. The number of amides is 1. The highest BCUT2D eigenvalue weighted by Gasteiger charge is 2.15. The third-order valence-corrected chi connectivity index (χ3v) is 4.29. The van der Waals surface area contributed by atoms with Gasteiger partial charge in [-0.2, -0.15) is 0 Å². The fourth-order valence-corrected chi connectivity index (χ4v) is 3.07. The lowest BCUT2D eigenvalue weighted by Crippen LogP contribution is -2.43. The van der Waals surface area contributed by atoms with E-state index in [-0.39, 0.29) is 0 Å². The van der Waals surface area contributed by atoms with Crippen LogP contribution in [0.2, 0.25) is 0 Å². The SMILES string of the molecule is CN=C(NCCNC(=O)OC(C)(C)C)NCCNc1nc2ccccc2s1. The molecule has 148 valence electrons. The predicted molar refractivity (Wildman–Crippen MR) is 112 cm³/mol. The highest BCUT2D eigenvalue weighted by atomic mass is 32.1. The number of nitrogens with one attached hydrogen (secondary N) is 4. The fourth-order valence-electron chi connectivity index (χ4n) is 2.18. The summed E-state index contributed by atoms with van der Waals surface area (Å²) >= 11 is 1.64. The number of rotatable bonds is 7. The van der Waals surface area contributed by atoms with Gasteiger partial charge in [0.2, 0.25) is 0 Å². The van der Waals surface area contributed by atoms with E-state index in [4.69, 9.17) is 4.74 Å². The molecule has 27 heavy (non-hydrogen) atoms. The van der Waals surface area contributed by atoms with Crippen molar-refractivity contribution in [2.75, 3.05) is 38.5 Å². The van der Waals surface area contributed by atoms with Crippen LogP contribution in [0, 0.1) is 0 Å². The molecule has 0 aliphatic heterocycles. The van der Waals surface area contributed by atoms with Gasteiger partial charge in [-0.05, 0) is 32.9 Å². The van der Waals surface area contributed by atoms with Crippen LogP contribution in [0.5, 0.6) is 0 Å². The average molecular weight is 393 g/mol. The summed E-state index contributed by atoms with van der Waals surface area (Å²) in [5.41, 5.74) is 0.513. The van der Waals surface area contributed by atoms with Crippen LogP contribution < -0.4 is 21.3 Å². The van der Waals surface area contributed by atoms with Gasteiger partial charge in [0.25, 0.3) is 0 Å². The number of hydrogen-bond acceptors (Lipinski definition) is 6. The topological polar surface area (TPSA) is 99.7 Å². The van der Waals surface area contributed by atoms with Gasteiger partial charge >= 0.3 is 6.09 Å². The number of benzene rings is 1. The number of para-hydroxylation sites is 1. The Kier molecular flexibility index (Phi) is 7.66. The number of nitrogens with zero attached hydrogens (tertiary/aromatic N) is 2. The molecule has 1 heterocycles. The molecule has 0 saturated heterocycles. The zero-order valence-electron chi connectivity index (χ0n) is 16.3. The maximum atomic E-state index is 11.6. The monoisotopic (exact) mass is 392 g/mol. The number of fused-ring (bicyclic) bond motifs is 1. The summed E-state index contributed by atoms with van der Waals surface area (Å²) in [6, 6.07) is 8.07. The first-order chi connectivity index (χ1) is 12.9. The summed E-state index contributed by atoms with van der Waals surface area (Å²) in [4.78, 5) is 20.2. The number of anilines is 1. The Labute approximate surface area is 163 Å². The summed E-state index contributed by atoms with van der Waals surface area (Å²) in [6.45, 7) is 7.90. The maximum absolute atomic E-state index is 11.6. The van der Waals surface area contributed by atoms with Crippen LogP contribution in [-0.4, -0.2) is 55.9 Å². The van der Waals surface area contributed by atoms with Crippen molar-refractivity contribution < 1.29 is 9.53 Å². The minimum absolute atomic E-state index is 0.424. The van der Waals surface area contributed by atoms with Crippen molar-refractivity contribution in [2.45, 2.75) is 26.4 Å². The Bertz CT molecular complexity index is 736. The zero-order chi connectivity index (χ0) is 19.7. The maximum Gasteiger partial charge on any atom is 0.407 e. The minimum Gasteiger partial charge on any atom is -0.444 e. The number of aromatic nitrogens is 1. The number of guanidine groups is 1. The molecule has 0 aliphatic carbocycles. The summed E-state index contributed by atoms with van der Waals surface area (Å²) in [7, 11) is 1.71. The first-order valence-corrected chi connectivity index (χ1v) is 9.70. The molecule has 0 radical (unpaired) electrons. The number of thiazole rings is 1. The van der Waals surface area contributed by atoms with Gasteiger partial charge in [-0.25, -0.2) is 9.78 Å². The normalized spacial score (nSPS) is 11.9. The Morgan fingerprint density at radius 1 is 1.11 bits per heavy atom. The molecule has 1 aromatic heterocycles. The Hall–Kier alpha value is -2.55. The Balaban J connectivity index is 1.60. The summed E-state index contributed by atoms with van der Waals surface area (Å²) < 4.78 is 6.35. The molecule has 2 aromatic rings. The van der Waals surface area contributed by atoms with Crippen molar-refractivity contribution in [3.8, 4) is 0 Å². The van der Waals surface area contributed by atoms with E-state index >= 15 is 0 Å². The number of carbonyl (C=O) groups excluding carboxylic acids is 1. The zero-order valence-corrected chi connectivity index (χ0v) is 17.1. The molecule has 0 saturated carbocycles. The van der Waals surface area contributed by atoms with Crippen LogP contribution in [0.25, 0.3) is 10.2 Å². The molecule has 0 aliphatic rings. The Morgan fingerprint density at radius 3 is 2.44 bits per heavy atom. The lowest BCUT2D eigenvalue weighted by Gasteiger charge is -2.19. The highest BCUT2D eigenvalue weighted by Crippen LogP contribution is 2.24. The number of carbonyl (C=O) groups is 1. The molecule has 8 nitrogen and oxygen atoms in total. The van der Waals surface area contributed by atoms with Gasteiger partial charge < -0.3 is 26.0 Å². The van der Waals surface area contributed by atoms with Gasteiger partial charge in [0.15, 0.2) is 11.1 Å². The molecule has 0 bridgehead atoms. The second-order valence-corrected chi connectivity index (χ2v) is 7.80. The van der Waals surface area contributed by atoms with E-state index in [9.17, 15) is 4.79 Å². The standard InChI is InChI=1S/C18H28N6O2S/c1-18(2,3)26-17(25)23-12-10-21-15(19-4)20-9-11-22-16-24-13-7-5-6-8-14(13)27-16/h5-8H,9-12H2,1-4H3,(H,22,24)(H,23,25)(H2,19,20,21). The van der Waals surface area contributed by atoms with Gasteiger partial charge in [0.05, 0.1) is 10.2 Å². The van der Waals surface area contributed by atoms with Crippen molar-refractivity contribution in [3.63, 3.8) is 0 Å². The van der Waals surface area contributed by atoms with E-state index in [1.54, 1.807) is 18.4 Å². The number of alkyl carbamates (subject to hydrolysis) is 1. The van der Waals surface area contributed by atoms with E-state index in [1.165, 1.54) is 4.70 Å². The molecule has 0 unspecified atom stereocenters. The second-order valence-electron chi connectivity index (χ2n) is 6.77. The van der Waals surface area contributed by atoms with Crippen LogP contribution in [0.4, 0.5) is 9.93 Å². The quantitative estimate of drug-likeness (QED) is 0.328. The van der Waals surface area contributed by atoms with Crippen molar-refractivity contribution in [1.82, 2.24) is 20.9 Å².